The lowest BCUT2D eigenvalue weighted by Crippen LogP contribution is -2.39. The van der Waals surface area contributed by atoms with E-state index in [9.17, 15) is 18.3 Å². The van der Waals surface area contributed by atoms with Gasteiger partial charge in [0.25, 0.3) is 0 Å². The molecule has 8 nitrogen and oxygen atoms in total. The second-order valence-corrected chi connectivity index (χ2v) is 11.9. The fourth-order valence-electron chi connectivity index (χ4n) is 5.08. The molecular weight excluding hydrogens is 500 g/mol. The van der Waals surface area contributed by atoms with Gasteiger partial charge in [-0.2, -0.15) is 0 Å². The van der Waals surface area contributed by atoms with Crippen molar-refractivity contribution in [3.63, 3.8) is 0 Å². The molecule has 5 rings (SSSR count). The van der Waals surface area contributed by atoms with Crippen LogP contribution >= 0.6 is 11.6 Å². The lowest BCUT2D eigenvalue weighted by molar-refractivity contribution is -0.132. The van der Waals surface area contributed by atoms with Crippen LogP contribution in [0.5, 0.6) is 5.88 Å². The number of rotatable bonds is 6. The molecule has 36 heavy (non-hydrogen) atoms. The van der Waals surface area contributed by atoms with E-state index < -0.39 is 9.84 Å². The van der Waals surface area contributed by atoms with Crippen LogP contribution in [0.2, 0.25) is 5.02 Å². The van der Waals surface area contributed by atoms with Crippen molar-refractivity contribution in [2.45, 2.75) is 30.2 Å². The molecule has 3 heterocycles. The van der Waals surface area contributed by atoms with Crippen molar-refractivity contribution in [2.24, 2.45) is 7.05 Å². The van der Waals surface area contributed by atoms with Crippen LogP contribution in [0.3, 0.4) is 0 Å². The molecule has 0 radical (unpaired) electrons. The molecule has 190 valence electrons. The molecule has 1 amide bonds. The number of fused-ring (bicyclic) bond motifs is 2. The average molecular weight is 529 g/mol. The second kappa shape index (κ2) is 9.37. The Morgan fingerprint density at radius 2 is 1.81 bits per heavy atom. The number of aromatic nitrogens is 2. The number of aryl methyl sites for hydroxylation is 1. The summed E-state index contributed by atoms with van der Waals surface area (Å²) in [4.78, 5) is 14.8. The SMILES string of the molecule is CNc1cc2c(O)n(C3CCN(C(=O)CCS(=O)(=O)c4ccc5cc(Cl)ccc5c4)CC3)cc2n1C. The summed E-state index contributed by atoms with van der Waals surface area (Å²) in [6.45, 7) is 1.05. The van der Waals surface area contributed by atoms with E-state index in [2.05, 4.69) is 5.32 Å². The number of nitrogens with zero attached hydrogens (tertiary/aromatic N) is 3. The number of piperidine rings is 1. The highest BCUT2D eigenvalue weighted by Gasteiger charge is 2.27. The highest BCUT2D eigenvalue weighted by atomic mass is 35.5. The Balaban J connectivity index is 1.21. The van der Waals surface area contributed by atoms with Crippen molar-refractivity contribution in [3.8, 4) is 5.88 Å². The van der Waals surface area contributed by atoms with Gasteiger partial charge in [-0.15, -0.1) is 0 Å². The maximum absolute atomic E-state index is 12.9. The van der Waals surface area contributed by atoms with Gasteiger partial charge in [0.15, 0.2) is 9.84 Å². The first-order valence-electron chi connectivity index (χ1n) is 11.9. The predicted octanol–water partition coefficient (Wildman–Crippen LogP) is 4.56. The molecule has 4 aromatic rings. The summed E-state index contributed by atoms with van der Waals surface area (Å²) in [5.74, 6) is 0.759. The summed E-state index contributed by atoms with van der Waals surface area (Å²) in [6, 6.07) is 12.2. The van der Waals surface area contributed by atoms with Gasteiger partial charge in [0.1, 0.15) is 5.82 Å². The van der Waals surface area contributed by atoms with Crippen LogP contribution in [0.15, 0.2) is 53.6 Å². The van der Waals surface area contributed by atoms with E-state index in [1.165, 1.54) is 0 Å². The van der Waals surface area contributed by atoms with Crippen molar-refractivity contribution in [1.82, 2.24) is 14.0 Å². The molecule has 0 aliphatic carbocycles. The van der Waals surface area contributed by atoms with Crippen LogP contribution in [0.25, 0.3) is 21.7 Å². The summed E-state index contributed by atoms with van der Waals surface area (Å²) in [7, 11) is 0.190. The molecule has 0 atom stereocenters. The van der Waals surface area contributed by atoms with E-state index in [1.54, 1.807) is 41.3 Å². The molecule has 10 heteroatoms. The van der Waals surface area contributed by atoms with Crippen LogP contribution in [-0.2, 0) is 21.7 Å². The van der Waals surface area contributed by atoms with Crippen LogP contribution < -0.4 is 5.32 Å². The minimum Gasteiger partial charge on any atom is -0.494 e. The molecular formula is C26H29ClN4O4S. The Labute approximate surface area is 215 Å². The van der Waals surface area contributed by atoms with Crippen molar-refractivity contribution in [1.29, 1.82) is 0 Å². The number of sulfone groups is 1. The molecule has 0 bridgehead atoms. The van der Waals surface area contributed by atoms with Crippen LogP contribution in [0.4, 0.5) is 5.82 Å². The van der Waals surface area contributed by atoms with Crippen molar-refractivity contribution < 1.29 is 18.3 Å². The normalized spacial score (nSPS) is 15.1. The Morgan fingerprint density at radius 3 is 2.50 bits per heavy atom. The third kappa shape index (κ3) is 4.41. The fourth-order valence-corrected chi connectivity index (χ4v) is 6.52. The molecule has 0 spiro atoms. The maximum Gasteiger partial charge on any atom is 0.223 e. The third-order valence-electron chi connectivity index (χ3n) is 7.21. The quantitative estimate of drug-likeness (QED) is 0.382. The number of hydrogen-bond acceptors (Lipinski definition) is 5. The maximum atomic E-state index is 12.9. The first-order valence-corrected chi connectivity index (χ1v) is 14.0. The van der Waals surface area contributed by atoms with Gasteiger partial charge in [0, 0.05) is 50.9 Å². The monoisotopic (exact) mass is 528 g/mol. The van der Waals surface area contributed by atoms with Gasteiger partial charge in [-0.1, -0.05) is 23.7 Å². The number of hydrogen-bond donors (Lipinski definition) is 2. The number of benzene rings is 2. The number of aromatic hydroxyl groups is 1. The topological polar surface area (TPSA) is 96.6 Å². The molecule has 1 aliphatic rings. The number of amides is 1. The zero-order chi connectivity index (χ0) is 25.6. The van der Waals surface area contributed by atoms with E-state index in [0.717, 1.165) is 27.5 Å². The fraction of sp³-hybridized carbons (Fsp3) is 0.346. The number of nitrogens with one attached hydrogen (secondary N) is 1. The Kier molecular flexibility index (Phi) is 6.38. The highest BCUT2D eigenvalue weighted by Crippen LogP contribution is 2.37. The van der Waals surface area contributed by atoms with E-state index in [1.807, 2.05) is 35.5 Å². The number of halogens is 1. The average Bonchev–Trinajstić information content (AvgIpc) is 3.37. The second-order valence-electron chi connectivity index (χ2n) is 9.33. The van der Waals surface area contributed by atoms with E-state index in [-0.39, 0.29) is 34.9 Å². The number of carbonyl (C=O) groups excluding carboxylic acids is 1. The minimum absolute atomic E-state index is 0.0584. The van der Waals surface area contributed by atoms with Crippen LogP contribution in [-0.4, -0.2) is 59.4 Å². The van der Waals surface area contributed by atoms with Crippen molar-refractivity contribution >= 4 is 54.8 Å². The highest BCUT2D eigenvalue weighted by molar-refractivity contribution is 7.91. The molecule has 1 saturated heterocycles. The molecule has 2 aromatic carbocycles. The third-order valence-corrected chi connectivity index (χ3v) is 9.16. The van der Waals surface area contributed by atoms with E-state index >= 15 is 0 Å². The minimum atomic E-state index is -3.60. The Hall–Kier alpha value is -3.17. The van der Waals surface area contributed by atoms with Gasteiger partial charge >= 0.3 is 0 Å². The number of anilines is 1. The summed E-state index contributed by atoms with van der Waals surface area (Å²) in [6.07, 6.45) is 3.28. The molecule has 0 saturated carbocycles. The molecule has 1 aliphatic heterocycles. The zero-order valence-electron chi connectivity index (χ0n) is 20.2. The first kappa shape index (κ1) is 24.5. The van der Waals surface area contributed by atoms with Crippen LogP contribution in [0.1, 0.15) is 25.3 Å². The predicted molar refractivity (Wildman–Crippen MR) is 143 cm³/mol. The van der Waals surface area contributed by atoms with Gasteiger partial charge < -0.3 is 24.5 Å². The van der Waals surface area contributed by atoms with Crippen LogP contribution in [0, 0.1) is 0 Å². The lowest BCUT2D eigenvalue weighted by Gasteiger charge is -2.33. The smallest absolute Gasteiger partial charge is 0.223 e. The zero-order valence-corrected chi connectivity index (χ0v) is 21.8. The van der Waals surface area contributed by atoms with Crippen molar-refractivity contribution in [2.75, 3.05) is 31.2 Å². The number of likely N-dealkylation sites (tertiary alicyclic amines) is 1. The summed E-state index contributed by atoms with van der Waals surface area (Å²) >= 11 is 6.01. The molecule has 2 N–H and O–H groups in total. The number of carbonyl (C=O) groups is 1. The summed E-state index contributed by atoms with van der Waals surface area (Å²) in [5, 5.41) is 16.9. The molecule has 1 fully saturated rings. The van der Waals surface area contributed by atoms with E-state index in [0.29, 0.717) is 31.0 Å². The van der Waals surface area contributed by atoms with Gasteiger partial charge in [0.05, 0.1) is 21.6 Å². The molecule has 2 aromatic heterocycles. The standard InChI is InChI=1S/C26H29ClN4O4S/c1-28-24-15-22-23(29(24)2)16-31(26(22)33)20-7-10-30(11-8-20)25(32)9-12-36(34,35)21-6-4-17-13-19(27)5-3-18(17)14-21/h3-6,13-16,20,28,33H,7-12H2,1-2H3. The summed E-state index contributed by atoms with van der Waals surface area (Å²) in [5.41, 5.74) is 0.942. The summed E-state index contributed by atoms with van der Waals surface area (Å²) < 4.78 is 29.7. The Morgan fingerprint density at radius 1 is 1.11 bits per heavy atom. The van der Waals surface area contributed by atoms with E-state index in [4.69, 9.17) is 11.6 Å². The Bertz CT molecular complexity index is 1570. The van der Waals surface area contributed by atoms with Crippen molar-refractivity contribution in [3.05, 3.63) is 53.7 Å². The first-order chi connectivity index (χ1) is 17.2. The van der Waals surface area contributed by atoms with Gasteiger partial charge in [-0.05, 0) is 53.9 Å². The lowest BCUT2D eigenvalue weighted by atomic mass is 10.0. The van der Waals surface area contributed by atoms with Gasteiger partial charge in [0.2, 0.25) is 11.8 Å². The van der Waals surface area contributed by atoms with Gasteiger partial charge in [-0.3, -0.25) is 4.79 Å². The van der Waals surface area contributed by atoms with Gasteiger partial charge in [-0.25, -0.2) is 8.42 Å². The molecule has 0 unspecified atom stereocenters. The largest absolute Gasteiger partial charge is 0.494 e.